The first-order valence-corrected chi connectivity index (χ1v) is 7.44. The first-order valence-electron chi connectivity index (χ1n) is 7.44. The van der Waals surface area contributed by atoms with Crippen molar-refractivity contribution >= 4 is 11.6 Å². The Morgan fingerprint density at radius 3 is 2.80 bits per heavy atom. The number of nitrogens with zero attached hydrogens (tertiary/aromatic N) is 4. The predicted molar refractivity (Wildman–Crippen MR) is 80.7 cm³/mol. The summed E-state index contributed by atoms with van der Waals surface area (Å²) in [6.45, 7) is 2.28. The van der Waals surface area contributed by atoms with Crippen molar-refractivity contribution in [3.8, 4) is 0 Å². The van der Waals surface area contributed by atoms with E-state index in [-0.39, 0.29) is 0 Å². The van der Waals surface area contributed by atoms with Gasteiger partial charge < -0.3 is 15.2 Å². The number of nitrogen functional groups attached to an aromatic ring is 1. The Kier molecular flexibility index (Phi) is 3.76. The van der Waals surface area contributed by atoms with E-state index >= 15 is 0 Å². The van der Waals surface area contributed by atoms with E-state index in [4.69, 9.17) is 10.8 Å². The van der Waals surface area contributed by atoms with Crippen LogP contribution in [-0.2, 0) is 0 Å². The number of rotatable bonds is 4. The number of hydrazine groups is 1. The van der Waals surface area contributed by atoms with Gasteiger partial charge in [0.05, 0.1) is 0 Å². The van der Waals surface area contributed by atoms with Gasteiger partial charge in [-0.3, -0.25) is 0 Å². The lowest BCUT2D eigenvalue weighted by molar-refractivity contribution is 0.247. The van der Waals surface area contributed by atoms with Crippen molar-refractivity contribution in [1.29, 1.82) is 0 Å². The highest BCUT2D eigenvalue weighted by Gasteiger charge is 2.29. The molecular weight excluding hydrogens is 252 g/mol. The van der Waals surface area contributed by atoms with E-state index < -0.39 is 0 Å². The third kappa shape index (κ3) is 2.86. The molecule has 6 heteroatoms. The van der Waals surface area contributed by atoms with Crippen molar-refractivity contribution in [3.05, 3.63) is 11.9 Å². The van der Waals surface area contributed by atoms with Gasteiger partial charge in [-0.2, -0.15) is 0 Å². The zero-order valence-corrected chi connectivity index (χ0v) is 12.3. The summed E-state index contributed by atoms with van der Waals surface area (Å²) in [5.41, 5.74) is 2.67. The third-order valence-electron chi connectivity index (χ3n) is 4.33. The maximum Gasteiger partial charge on any atom is 0.145 e. The molecule has 2 fully saturated rings. The molecule has 2 aliphatic rings. The van der Waals surface area contributed by atoms with Gasteiger partial charge in [-0.05, 0) is 39.3 Å². The number of aromatic nitrogens is 2. The minimum absolute atomic E-state index is 0.515. The molecule has 6 nitrogen and oxygen atoms in total. The van der Waals surface area contributed by atoms with E-state index in [0.29, 0.717) is 17.8 Å². The number of likely N-dealkylation sites (N-methyl/N-ethyl adjacent to an activating group) is 2. The average Bonchev–Trinajstić information content (AvgIpc) is 3.30. The quantitative estimate of drug-likeness (QED) is 0.635. The molecule has 1 aliphatic heterocycles. The van der Waals surface area contributed by atoms with Crippen LogP contribution in [0.2, 0.25) is 0 Å². The molecule has 1 aromatic heterocycles. The Morgan fingerprint density at radius 1 is 1.35 bits per heavy atom. The number of hydrogen-bond acceptors (Lipinski definition) is 6. The molecule has 1 saturated carbocycles. The first-order chi connectivity index (χ1) is 9.67. The molecule has 1 aromatic rings. The number of piperidine rings is 1. The van der Waals surface area contributed by atoms with Crippen molar-refractivity contribution in [1.82, 2.24) is 14.9 Å². The Labute approximate surface area is 120 Å². The van der Waals surface area contributed by atoms with Gasteiger partial charge in [0.25, 0.3) is 0 Å². The van der Waals surface area contributed by atoms with Gasteiger partial charge in [-0.15, -0.1) is 0 Å². The minimum Gasteiger partial charge on any atom is -0.355 e. The monoisotopic (exact) mass is 276 g/mol. The maximum atomic E-state index is 5.54. The summed E-state index contributed by atoms with van der Waals surface area (Å²) in [6, 6.07) is 2.46. The van der Waals surface area contributed by atoms with Gasteiger partial charge in [-0.25, -0.2) is 15.8 Å². The molecule has 1 unspecified atom stereocenters. The van der Waals surface area contributed by atoms with Crippen LogP contribution >= 0.6 is 0 Å². The number of hydrogen-bond donors (Lipinski definition) is 2. The zero-order chi connectivity index (χ0) is 14.1. The summed E-state index contributed by atoms with van der Waals surface area (Å²) in [6.07, 6.45) is 4.86. The van der Waals surface area contributed by atoms with Gasteiger partial charge in [-0.1, -0.05) is 0 Å². The van der Waals surface area contributed by atoms with Gasteiger partial charge >= 0.3 is 0 Å². The highest BCUT2D eigenvalue weighted by molar-refractivity contribution is 5.49. The minimum atomic E-state index is 0.515. The molecule has 0 amide bonds. The second-order valence-electron chi connectivity index (χ2n) is 6.06. The molecule has 0 bridgehead atoms. The lowest BCUT2D eigenvalue weighted by Crippen LogP contribution is -2.45. The Bertz CT molecular complexity index is 473. The maximum absolute atomic E-state index is 5.54. The summed E-state index contributed by atoms with van der Waals surface area (Å²) in [7, 11) is 4.31. The van der Waals surface area contributed by atoms with Crippen molar-refractivity contribution in [2.75, 3.05) is 37.5 Å². The van der Waals surface area contributed by atoms with Gasteiger partial charge in [0.2, 0.25) is 0 Å². The van der Waals surface area contributed by atoms with Gasteiger partial charge in [0.15, 0.2) is 0 Å². The summed E-state index contributed by atoms with van der Waals surface area (Å²) in [5.74, 6) is 8.71. The van der Waals surface area contributed by atoms with Crippen molar-refractivity contribution in [2.45, 2.75) is 37.6 Å². The number of anilines is 2. The zero-order valence-electron chi connectivity index (χ0n) is 12.3. The van der Waals surface area contributed by atoms with Crippen molar-refractivity contribution in [3.63, 3.8) is 0 Å². The van der Waals surface area contributed by atoms with Crippen LogP contribution in [0.25, 0.3) is 0 Å². The number of nitrogens with two attached hydrogens (primary N) is 1. The molecule has 2 heterocycles. The summed E-state index contributed by atoms with van der Waals surface area (Å²) in [5, 5.41) is 0. The fourth-order valence-electron chi connectivity index (χ4n) is 2.87. The highest BCUT2D eigenvalue weighted by atomic mass is 15.3. The van der Waals surface area contributed by atoms with E-state index in [2.05, 4.69) is 34.3 Å². The summed E-state index contributed by atoms with van der Waals surface area (Å²) >= 11 is 0. The lowest BCUT2D eigenvalue weighted by atomic mass is 10.1. The van der Waals surface area contributed by atoms with Gasteiger partial charge in [0.1, 0.15) is 17.5 Å². The molecule has 0 spiro atoms. The fourth-order valence-corrected chi connectivity index (χ4v) is 2.87. The summed E-state index contributed by atoms with van der Waals surface area (Å²) in [4.78, 5) is 13.9. The van der Waals surface area contributed by atoms with Crippen LogP contribution in [0.1, 0.15) is 37.4 Å². The predicted octanol–water partition coefficient (Wildman–Crippen LogP) is 1.17. The van der Waals surface area contributed by atoms with Crippen molar-refractivity contribution < 1.29 is 0 Å². The second kappa shape index (κ2) is 5.54. The first kappa shape index (κ1) is 13.6. The van der Waals surface area contributed by atoms with E-state index in [1.165, 1.54) is 32.2 Å². The molecule has 3 N–H and O–H groups in total. The largest absolute Gasteiger partial charge is 0.355 e. The van der Waals surface area contributed by atoms with Crippen LogP contribution < -0.4 is 16.2 Å². The number of nitrogens with one attached hydrogen (secondary N) is 1. The molecule has 0 aromatic carbocycles. The second-order valence-corrected chi connectivity index (χ2v) is 6.06. The molecular formula is C14H24N6. The van der Waals surface area contributed by atoms with Crippen LogP contribution in [0, 0.1) is 0 Å². The fraction of sp³-hybridized carbons (Fsp3) is 0.714. The SMILES string of the molecule is CN1CCCC(N(C)c2cc(NN)nc(C3CC3)n2)C1. The van der Waals surface area contributed by atoms with Gasteiger partial charge in [0, 0.05) is 31.6 Å². The Morgan fingerprint density at radius 2 is 2.15 bits per heavy atom. The Hall–Kier alpha value is -1.40. The molecule has 20 heavy (non-hydrogen) atoms. The Balaban J connectivity index is 1.82. The highest BCUT2D eigenvalue weighted by Crippen LogP contribution is 2.39. The molecule has 1 saturated heterocycles. The molecule has 3 rings (SSSR count). The van der Waals surface area contributed by atoms with Crippen LogP contribution in [-0.4, -0.2) is 48.1 Å². The van der Waals surface area contributed by atoms with Crippen LogP contribution in [0.5, 0.6) is 0 Å². The average molecular weight is 276 g/mol. The van der Waals surface area contributed by atoms with E-state index in [1.54, 1.807) is 0 Å². The van der Waals surface area contributed by atoms with Crippen LogP contribution in [0.15, 0.2) is 6.07 Å². The van der Waals surface area contributed by atoms with Crippen molar-refractivity contribution in [2.24, 2.45) is 5.84 Å². The molecule has 0 radical (unpaired) electrons. The lowest BCUT2D eigenvalue weighted by Gasteiger charge is -2.36. The van der Waals surface area contributed by atoms with E-state index in [1.807, 2.05) is 6.07 Å². The molecule has 110 valence electrons. The topological polar surface area (TPSA) is 70.3 Å². The standard InChI is InChI=1S/C14H24N6/c1-19-7-3-4-11(9-19)20(2)13-8-12(18-15)16-14(17-13)10-5-6-10/h8,10-11H,3-7,9,15H2,1-2H3,(H,16,17,18). The van der Waals surface area contributed by atoms with Crippen LogP contribution in [0.3, 0.4) is 0 Å². The normalized spacial score (nSPS) is 23.6. The third-order valence-corrected chi connectivity index (χ3v) is 4.33. The van der Waals surface area contributed by atoms with E-state index in [0.717, 1.165) is 18.2 Å². The summed E-state index contributed by atoms with van der Waals surface area (Å²) < 4.78 is 0. The van der Waals surface area contributed by atoms with Crippen LogP contribution in [0.4, 0.5) is 11.6 Å². The number of likely N-dealkylation sites (tertiary alicyclic amines) is 1. The van der Waals surface area contributed by atoms with E-state index in [9.17, 15) is 0 Å². The smallest absolute Gasteiger partial charge is 0.145 e. The molecule has 1 aliphatic carbocycles. The molecule has 1 atom stereocenters.